The third-order valence-electron chi connectivity index (χ3n) is 4.08. The Labute approximate surface area is 99.0 Å². The van der Waals surface area contributed by atoms with Gasteiger partial charge < -0.3 is 15.7 Å². The maximum atomic E-state index is 9.85. The van der Waals surface area contributed by atoms with Crippen molar-refractivity contribution in [2.75, 3.05) is 19.6 Å². The molecule has 3 atom stereocenters. The van der Waals surface area contributed by atoms with Crippen molar-refractivity contribution in [3.63, 3.8) is 0 Å². The predicted molar refractivity (Wildman–Crippen MR) is 66.5 cm³/mol. The van der Waals surface area contributed by atoms with E-state index in [0.717, 1.165) is 19.5 Å². The summed E-state index contributed by atoms with van der Waals surface area (Å²) in [6.07, 6.45) is 8.66. The topological polar surface area (TPSA) is 44.3 Å². The van der Waals surface area contributed by atoms with Gasteiger partial charge in [0.2, 0.25) is 0 Å². The van der Waals surface area contributed by atoms with Crippen LogP contribution in [0.15, 0.2) is 0 Å². The van der Waals surface area contributed by atoms with E-state index in [-0.39, 0.29) is 6.10 Å². The zero-order valence-corrected chi connectivity index (χ0v) is 10.3. The quantitative estimate of drug-likeness (QED) is 0.676. The van der Waals surface area contributed by atoms with Gasteiger partial charge in [0.05, 0.1) is 6.10 Å². The highest BCUT2D eigenvalue weighted by Gasteiger charge is 2.22. The zero-order chi connectivity index (χ0) is 11.2. The summed E-state index contributed by atoms with van der Waals surface area (Å²) in [7, 11) is 0. The average molecular weight is 226 g/mol. The van der Waals surface area contributed by atoms with Crippen LogP contribution in [-0.4, -0.2) is 36.9 Å². The van der Waals surface area contributed by atoms with Crippen LogP contribution in [0.5, 0.6) is 0 Å². The van der Waals surface area contributed by atoms with E-state index in [4.69, 9.17) is 0 Å². The Balaban J connectivity index is 1.59. The van der Waals surface area contributed by atoms with E-state index in [9.17, 15) is 5.11 Å². The van der Waals surface area contributed by atoms with Gasteiger partial charge in [0.1, 0.15) is 0 Å². The van der Waals surface area contributed by atoms with E-state index in [1.807, 2.05) is 0 Å². The first-order chi connectivity index (χ1) is 7.86. The van der Waals surface area contributed by atoms with Gasteiger partial charge in [-0.3, -0.25) is 0 Å². The number of piperidine rings is 1. The highest BCUT2D eigenvalue weighted by Crippen LogP contribution is 2.23. The van der Waals surface area contributed by atoms with Gasteiger partial charge in [-0.25, -0.2) is 0 Å². The number of nitrogens with one attached hydrogen (secondary N) is 2. The summed E-state index contributed by atoms with van der Waals surface area (Å²) in [4.78, 5) is 0. The molecule has 16 heavy (non-hydrogen) atoms. The van der Waals surface area contributed by atoms with Crippen molar-refractivity contribution < 1.29 is 5.11 Å². The first kappa shape index (κ1) is 12.3. The molecule has 0 aromatic carbocycles. The highest BCUT2D eigenvalue weighted by atomic mass is 16.3. The normalized spacial score (nSPS) is 36.2. The summed E-state index contributed by atoms with van der Waals surface area (Å²) in [5.74, 6) is 0.498. The summed E-state index contributed by atoms with van der Waals surface area (Å²) in [5.41, 5.74) is 0. The molecule has 0 spiro atoms. The fourth-order valence-electron chi connectivity index (χ4n) is 2.97. The van der Waals surface area contributed by atoms with E-state index < -0.39 is 0 Å². The van der Waals surface area contributed by atoms with Gasteiger partial charge in [-0.05, 0) is 38.1 Å². The summed E-state index contributed by atoms with van der Waals surface area (Å²) in [6, 6.07) is 0.662. The molecule has 3 heteroatoms. The molecule has 3 nitrogen and oxygen atoms in total. The molecule has 1 aliphatic heterocycles. The van der Waals surface area contributed by atoms with Gasteiger partial charge in [-0.1, -0.05) is 19.3 Å². The molecule has 94 valence electrons. The van der Waals surface area contributed by atoms with Crippen molar-refractivity contribution in [3.05, 3.63) is 0 Å². The molecule has 0 aromatic rings. The number of hydrogen-bond donors (Lipinski definition) is 3. The molecular weight excluding hydrogens is 200 g/mol. The zero-order valence-electron chi connectivity index (χ0n) is 10.3. The fraction of sp³-hybridized carbons (Fsp3) is 1.00. The van der Waals surface area contributed by atoms with Crippen molar-refractivity contribution in [1.29, 1.82) is 0 Å². The van der Waals surface area contributed by atoms with Crippen LogP contribution in [0.3, 0.4) is 0 Å². The number of hydrogen-bond acceptors (Lipinski definition) is 3. The summed E-state index contributed by atoms with van der Waals surface area (Å²) < 4.78 is 0. The molecule has 1 heterocycles. The van der Waals surface area contributed by atoms with Crippen LogP contribution in [-0.2, 0) is 0 Å². The first-order valence-electron chi connectivity index (χ1n) is 6.98. The molecule has 0 bridgehead atoms. The Morgan fingerprint density at radius 3 is 2.56 bits per heavy atom. The molecule has 1 saturated heterocycles. The number of aliphatic hydroxyl groups excluding tert-OH is 1. The number of aliphatic hydroxyl groups is 1. The second-order valence-electron chi connectivity index (χ2n) is 5.42. The van der Waals surface area contributed by atoms with Crippen molar-refractivity contribution in [3.8, 4) is 0 Å². The summed E-state index contributed by atoms with van der Waals surface area (Å²) in [5, 5.41) is 16.9. The van der Waals surface area contributed by atoms with Crippen LogP contribution in [0.2, 0.25) is 0 Å². The third kappa shape index (κ3) is 3.72. The molecule has 1 aliphatic carbocycles. The fourth-order valence-corrected chi connectivity index (χ4v) is 2.97. The van der Waals surface area contributed by atoms with Crippen LogP contribution in [0.25, 0.3) is 0 Å². The third-order valence-corrected chi connectivity index (χ3v) is 4.08. The maximum absolute atomic E-state index is 9.85. The van der Waals surface area contributed by atoms with Crippen molar-refractivity contribution in [2.45, 2.75) is 57.1 Å². The van der Waals surface area contributed by atoms with Gasteiger partial charge in [0.15, 0.2) is 0 Å². The van der Waals surface area contributed by atoms with Crippen LogP contribution in [0.1, 0.15) is 44.9 Å². The Morgan fingerprint density at radius 2 is 1.81 bits per heavy atom. The lowest BCUT2D eigenvalue weighted by atomic mass is 9.86. The summed E-state index contributed by atoms with van der Waals surface area (Å²) in [6.45, 7) is 3.25. The minimum atomic E-state index is -0.0550. The molecule has 3 unspecified atom stereocenters. The van der Waals surface area contributed by atoms with Gasteiger partial charge in [0, 0.05) is 19.1 Å². The van der Waals surface area contributed by atoms with Gasteiger partial charge in [0.25, 0.3) is 0 Å². The minimum absolute atomic E-state index is 0.0550. The first-order valence-corrected chi connectivity index (χ1v) is 6.98. The van der Waals surface area contributed by atoms with Crippen LogP contribution in [0, 0.1) is 5.92 Å². The Bertz CT molecular complexity index is 192. The Kier molecular flexibility index (Phi) is 5.07. The lowest BCUT2D eigenvalue weighted by Crippen LogP contribution is -2.44. The van der Waals surface area contributed by atoms with E-state index in [1.54, 1.807) is 0 Å². The van der Waals surface area contributed by atoms with Gasteiger partial charge >= 0.3 is 0 Å². The SMILES string of the molecule is OC1CCCCC1CNCC1CCCCN1. The second kappa shape index (κ2) is 6.58. The van der Waals surface area contributed by atoms with Gasteiger partial charge in [-0.15, -0.1) is 0 Å². The molecular formula is C13H26N2O. The van der Waals surface area contributed by atoms with Crippen LogP contribution < -0.4 is 10.6 Å². The van der Waals surface area contributed by atoms with Crippen molar-refractivity contribution >= 4 is 0 Å². The van der Waals surface area contributed by atoms with Crippen LogP contribution in [0.4, 0.5) is 0 Å². The van der Waals surface area contributed by atoms with Crippen molar-refractivity contribution in [1.82, 2.24) is 10.6 Å². The lowest BCUT2D eigenvalue weighted by molar-refractivity contribution is 0.0692. The van der Waals surface area contributed by atoms with E-state index >= 15 is 0 Å². The molecule has 3 N–H and O–H groups in total. The van der Waals surface area contributed by atoms with E-state index in [2.05, 4.69) is 10.6 Å². The molecule has 0 amide bonds. The lowest BCUT2D eigenvalue weighted by Gasteiger charge is -2.29. The molecule has 1 saturated carbocycles. The summed E-state index contributed by atoms with van der Waals surface area (Å²) >= 11 is 0. The molecule has 2 fully saturated rings. The largest absolute Gasteiger partial charge is 0.393 e. The van der Waals surface area contributed by atoms with E-state index in [0.29, 0.717) is 12.0 Å². The highest BCUT2D eigenvalue weighted by molar-refractivity contribution is 4.79. The predicted octanol–water partition coefficient (Wildman–Crippen LogP) is 1.27. The van der Waals surface area contributed by atoms with E-state index in [1.165, 1.54) is 45.1 Å². The molecule has 0 radical (unpaired) electrons. The minimum Gasteiger partial charge on any atom is -0.393 e. The van der Waals surface area contributed by atoms with Crippen molar-refractivity contribution in [2.24, 2.45) is 5.92 Å². The smallest absolute Gasteiger partial charge is 0.0580 e. The Morgan fingerprint density at radius 1 is 1.00 bits per heavy atom. The molecule has 0 aromatic heterocycles. The van der Waals surface area contributed by atoms with Crippen LogP contribution >= 0.6 is 0 Å². The van der Waals surface area contributed by atoms with Gasteiger partial charge in [-0.2, -0.15) is 0 Å². The monoisotopic (exact) mass is 226 g/mol. The number of rotatable bonds is 4. The average Bonchev–Trinajstić information content (AvgIpc) is 2.33. The Hall–Kier alpha value is -0.120. The molecule has 2 rings (SSSR count). The maximum Gasteiger partial charge on any atom is 0.0580 e. The standard InChI is InChI=1S/C13H26N2O/c16-13-7-2-1-5-11(13)9-14-10-12-6-3-4-8-15-12/h11-16H,1-10H2. The molecule has 2 aliphatic rings. The second-order valence-corrected chi connectivity index (χ2v) is 5.42.